The van der Waals surface area contributed by atoms with E-state index in [1.54, 1.807) is 48.5 Å². The Morgan fingerprint density at radius 2 is 1.82 bits per heavy atom. The quantitative estimate of drug-likeness (QED) is 0.427. The van der Waals surface area contributed by atoms with Crippen LogP contribution in [0.1, 0.15) is 16.8 Å². The van der Waals surface area contributed by atoms with Gasteiger partial charge in [-0.25, -0.2) is 0 Å². The lowest BCUT2D eigenvalue weighted by molar-refractivity contribution is -0.384. The summed E-state index contributed by atoms with van der Waals surface area (Å²) in [6, 6.07) is 17.4. The molecule has 34 heavy (non-hydrogen) atoms. The number of nitrogens with one attached hydrogen (secondary N) is 2. The van der Waals surface area contributed by atoms with Crippen molar-refractivity contribution in [2.75, 3.05) is 22.6 Å². The summed E-state index contributed by atoms with van der Waals surface area (Å²) < 4.78 is 5.10. The zero-order valence-electron chi connectivity index (χ0n) is 18.1. The van der Waals surface area contributed by atoms with Gasteiger partial charge in [0.25, 0.3) is 11.6 Å². The van der Waals surface area contributed by atoms with E-state index in [0.717, 1.165) is 6.07 Å². The fourth-order valence-electron chi connectivity index (χ4n) is 3.68. The van der Waals surface area contributed by atoms with E-state index < -0.39 is 28.7 Å². The lowest BCUT2D eigenvalue weighted by Gasteiger charge is -2.36. The molecular formula is C24H20N4O6. The Bertz CT molecular complexity index is 1270. The first-order valence-electron chi connectivity index (χ1n) is 10.3. The maximum atomic E-state index is 13.5. The molecule has 0 spiro atoms. The number of hydrogen-bond donors (Lipinski definition) is 2. The molecule has 3 aromatic rings. The van der Waals surface area contributed by atoms with Crippen molar-refractivity contribution in [3.63, 3.8) is 0 Å². The number of nitrogens with zero attached hydrogens (tertiary/aromatic N) is 2. The Balaban J connectivity index is 1.65. The molecule has 1 aliphatic heterocycles. The van der Waals surface area contributed by atoms with Crippen LogP contribution in [0, 0.1) is 10.1 Å². The van der Waals surface area contributed by atoms with E-state index in [0.29, 0.717) is 22.8 Å². The van der Waals surface area contributed by atoms with Crippen LogP contribution in [0.4, 0.5) is 22.7 Å². The minimum Gasteiger partial charge on any atom is -0.497 e. The van der Waals surface area contributed by atoms with Crippen LogP contribution in [0.2, 0.25) is 0 Å². The summed E-state index contributed by atoms with van der Waals surface area (Å²) in [6.07, 6.45) is -0.327. The molecule has 0 saturated heterocycles. The zero-order chi connectivity index (χ0) is 24.2. The Morgan fingerprint density at radius 3 is 2.53 bits per heavy atom. The number of nitro groups is 1. The number of hydrogen-bond acceptors (Lipinski definition) is 6. The number of ether oxygens (including phenoxy) is 1. The van der Waals surface area contributed by atoms with Gasteiger partial charge in [0.15, 0.2) is 0 Å². The van der Waals surface area contributed by atoms with E-state index >= 15 is 0 Å². The highest BCUT2D eigenvalue weighted by Crippen LogP contribution is 2.34. The lowest BCUT2D eigenvalue weighted by atomic mass is 10.0. The van der Waals surface area contributed by atoms with Gasteiger partial charge >= 0.3 is 0 Å². The minimum atomic E-state index is -1.17. The number of anilines is 3. The maximum Gasteiger partial charge on any atom is 0.270 e. The van der Waals surface area contributed by atoms with Crippen LogP contribution in [0.15, 0.2) is 72.8 Å². The average Bonchev–Trinajstić information content (AvgIpc) is 2.84. The highest BCUT2D eigenvalue weighted by molar-refractivity contribution is 6.18. The molecule has 172 valence electrons. The third kappa shape index (κ3) is 4.56. The van der Waals surface area contributed by atoms with E-state index in [1.807, 2.05) is 0 Å². The largest absolute Gasteiger partial charge is 0.497 e. The van der Waals surface area contributed by atoms with Crippen LogP contribution in [0.5, 0.6) is 5.75 Å². The highest BCUT2D eigenvalue weighted by atomic mass is 16.6. The Kier molecular flexibility index (Phi) is 6.22. The Morgan fingerprint density at radius 1 is 1.09 bits per heavy atom. The number of rotatable bonds is 6. The molecule has 1 heterocycles. The monoisotopic (exact) mass is 460 g/mol. The molecule has 0 fully saturated rings. The van der Waals surface area contributed by atoms with Gasteiger partial charge in [0.05, 0.1) is 29.8 Å². The average molecular weight is 460 g/mol. The summed E-state index contributed by atoms with van der Waals surface area (Å²) in [7, 11) is 1.53. The number of non-ortho nitro benzene ring substituents is 1. The van der Waals surface area contributed by atoms with Crippen LogP contribution in [-0.4, -0.2) is 35.8 Å². The number of methoxy groups -OCH3 is 1. The van der Waals surface area contributed by atoms with E-state index in [2.05, 4.69) is 10.6 Å². The van der Waals surface area contributed by atoms with Crippen molar-refractivity contribution in [3.05, 3.63) is 88.5 Å². The summed E-state index contributed by atoms with van der Waals surface area (Å²) in [5, 5.41) is 16.6. The molecule has 0 saturated carbocycles. The number of para-hydroxylation sites is 2. The van der Waals surface area contributed by atoms with E-state index in [4.69, 9.17) is 4.74 Å². The summed E-state index contributed by atoms with van der Waals surface area (Å²) in [5.74, 6) is -1.04. The molecule has 0 aliphatic carbocycles. The lowest BCUT2D eigenvalue weighted by Crippen LogP contribution is -2.52. The molecule has 0 bridgehead atoms. The van der Waals surface area contributed by atoms with Crippen LogP contribution in [-0.2, 0) is 9.59 Å². The van der Waals surface area contributed by atoms with E-state index in [1.165, 1.54) is 30.2 Å². The minimum absolute atomic E-state index is 0.0271. The Labute approximate surface area is 194 Å². The van der Waals surface area contributed by atoms with Crippen molar-refractivity contribution in [2.45, 2.75) is 12.5 Å². The number of fused-ring (bicyclic) bond motifs is 1. The number of nitro benzene ring substituents is 1. The Hall–Kier alpha value is -4.73. The van der Waals surface area contributed by atoms with Crippen molar-refractivity contribution in [1.29, 1.82) is 0 Å². The van der Waals surface area contributed by atoms with Gasteiger partial charge in [-0.05, 0) is 42.5 Å². The normalized spacial score (nSPS) is 14.6. The van der Waals surface area contributed by atoms with Crippen molar-refractivity contribution in [1.82, 2.24) is 0 Å². The number of carbonyl (C=O) groups excluding carboxylic acids is 3. The van der Waals surface area contributed by atoms with Gasteiger partial charge in [0.2, 0.25) is 11.8 Å². The van der Waals surface area contributed by atoms with Gasteiger partial charge in [0.1, 0.15) is 11.8 Å². The molecule has 3 aromatic carbocycles. The smallest absolute Gasteiger partial charge is 0.270 e. The molecule has 2 N–H and O–H groups in total. The molecule has 3 amide bonds. The predicted octanol–water partition coefficient (Wildman–Crippen LogP) is 3.60. The van der Waals surface area contributed by atoms with E-state index in [-0.39, 0.29) is 17.7 Å². The molecular weight excluding hydrogens is 440 g/mol. The molecule has 4 rings (SSSR count). The number of carbonyl (C=O) groups is 3. The SMILES string of the molecule is COc1ccc(NC(=O)CC2C(=O)Nc3ccccc3N2C(=O)c2cccc([N+](=O)[O-])c2)cc1. The van der Waals surface area contributed by atoms with Crippen molar-refractivity contribution in [3.8, 4) is 5.75 Å². The van der Waals surface area contributed by atoms with Gasteiger partial charge in [-0.2, -0.15) is 0 Å². The second-order valence-electron chi connectivity index (χ2n) is 7.49. The van der Waals surface area contributed by atoms with E-state index in [9.17, 15) is 24.5 Å². The summed E-state index contributed by atoms with van der Waals surface area (Å²) >= 11 is 0. The van der Waals surface area contributed by atoms with Gasteiger partial charge in [0, 0.05) is 23.4 Å². The van der Waals surface area contributed by atoms with Gasteiger partial charge in [-0.3, -0.25) is 29.4 Å². The van der Waals surface area contributed by atoms with Crippen LogP contribution < -0.4 is 20.3 Å². The number of amides is 3. The molecule has 10 nitrogen and oxygen atoms in total. The zero-order valence-corrected chi connectivity index (χ0v) is 18.1. The molecule has 10 heteroatoms. The first-order valence-corrected chi connectivity index (χ1v) is 10.3. The first-order chi connectivity index (χ1) is 16.4. The molecule has 1 unspecified atom stereocenters. The predicted molar refractivity (Wildman–Crippen MR) is 125 cm³/mol. The maximum absolute atomic E-state index is 13.5. The number of benzene rings is 3. The molecule has 0 radical (unpaired) electrons. The standard InChI is InChI=1S/C24H20N4O6/c1-34-18-11-9-16(10-12-18)25-22(29)14-21-23(30)26-19-7-2-3-8-20(19)27(21)24(31)15-5-4-6-17(13-15)28(32)33/h2-13,21H,14H2,1H3,(H,25,29)(H,26,30). The summed E-state index contributed by atoms with van der Waals surface area (Å²) in [5.41, 5.74) is 1.06. The van der Waals surface area contributed by atoms with Gasteiger partial charge in [-0.1, -0.05) is 18.2 Å². The molecule has 1 aliphatic rings. The van der Waals surface area contributed by atoms with Gasteiger partial charge in [-0.15, -0.1) is 0 Å². The van der Waals surface area contributed by atoms with Crippen molar-refractivity contribution < 1.29 is 24.0 Å². The molecule has 0 aromatic heterocycles. The van der Waals surface area contributed by atoms with Gasteiger partial charge < -0.3 is 15.4 Å². The van der Waals surface area contributed by atoms with Crippen molar-refractivity contribution >= 4 is 40.5 Å². The third-order valence-electron chi connectivity index (χ3n) is 5.31. The highest BCUT2D eigenvalue weighted by Gasteiger charge is 2.38. The topological polar surface area (TPSA) is 131 Å². The fourth-order valence-corrected chi connectivity index (χ4v) is 3.68. The van der Waals surface area contributed by atoms with Crippen LogP contribution in [0.25, 0.3) is 0 Å². The third-order valence-corrected chi connectivity index (χ3v) is 5.31. The van der Waals surface area contributed by atoms with Crippen LogP contribution in [0.3, 0.4) is 0 Å². The van der Waals surface area contributed by atoms with Crippen molar-refractivity contribution in [2.24, 2.45) is 0 Å². The second-order valence-corrected chi connectivity index (χ2v) is 7.49. The van der Waals surface area contributed by atoms with Crippen LogP contribution >= 0.6 is 0 Å². The summed E-state index contributed by atoms with van der Waals surface area (Å²) in [4.78, 5) is 51.0. The summed E-state index contributed by atoms with van der Waals surface area (Å²) in [6.45, 7) is 0. The molecule has 1 atom stereocenters. The fraction of sp³-hybridized carbons (Fsp3) is 0.125. The second kappa shape index (κ2) is 9.41. The first kappa shape index (κ1) is 22.5.